The Bertz CT molecular complexity index is 728. The van der Waals surface area contributed by atoms with Crippen LogP contribution < -0.4 is 10.1 Å². The lowest BCUT2D eigenvalue weighted by Gasteiger charge is -2.32. The van der Waals surface area contributed by atoms with Crippen LogP contribution in [-0.2, 0) is 4.74 Å². The summed E-state index contributed by atoms with van der Waals surface area (Å²) in [7, 11) is 0. The average molecular weight is 345 g/mol. The van der Waals surface area contributed by atoms with Crippen molar-refractivity contribution in [3.63, 3.8) is 0 Å². The van der Waals surface area contributed by atoms with Crippen LogP contribution in [0.15, 0.2) is 42.5 Å². The third-order valence-electron chi connectivity index (χ3n) is 4.72. The van der Waals surface area contributed by atoms with Crippen LogP contribution in [0.2, 0.25) is 0 Å². The quantitative estimate of drug-likeness (QED) is 0.890. The molecule has 25 heavy (non-hydrogen) atoms. The second-order valence-electron chi connectivity index (χ2n) is 6.64. The predicted molar refractivity (Wildman–Crippen MR) is 90.8 cm³/mol. The summed E-state index contributed by atoms with van der Waals surface area (Å²) in [6.07, 6.45) is 1.20. The molecule has 0 bridgehead atoms. The zero-order valence-electron chi connectivity index (χ0n) is 13.9. The van der Waals surface area contributed by atoms with Gasteiger partial charge in [-0.15, -0.1) is 0 Å². The maximum atomic E-state index is 14.5. The summed E-state index contributed by atoms with van der Waals surface area (Å²) in [5, 5.41) is 3.29. The summed E-state index contributed by atoms with van der Waals surface area (Å²) in [5.74, 6) is -0.862. The predicted octanol–water partition coefficient (Wildman–Crippen LogP) is 3.95. The van der Waals surface area contributed by atoms with Crippen molar-refractivity contribution < 1.29 is 18.3 Å². The molecule has 0 spiro atoms. The van der Waals surface area contributed by atoms with Gasteiger partial charge in [-0.25, -0.2) is 8.78 Å². The molecule has 4 rings (SSSR count). The van der Waals surface area contributed by atoms with E-state index >= 15 is 0 Å². The minimum absolute atomic E-state index is 0.159. The monoisotopic (exact) mass is 345 g/mol. The summed E-state index contributed by atoms with van der Waals surface area (Å²) in [4.78, 5) is 0. The first-order valence-electron chi connectivity index (χ1n) is 8.75. The fourth-order valence-corrected chi connectivity index (χ4v) is 3.31. The van der Waals surface area contributed by atoms with Crippen LogP contribution in [0.5, 0.6) is 5.75 Å². The van der Waals surface area contributed by atoms with Crippen LogP contribution in [-0.4, -0.2) is 25.8 Å². The highest BCUT2D eigenvalue weighted by Crippen LogP contribution is 2.46. The van der Waals surface area contributed by atoms with E-state index in [2.05, 4.69) is 5.32 Å². The van der Waals surface area contributed by atoms with E-state index in [1.807, 2.05) is 30.3 Å². The molecule has 3 nitrogen and oxygen atoms in total. The normalized spacial score (nSPS) is 21.8. The smallest absolute Gasteiger partial charge is 0.168 e. The Morgan fingerprint density at radius 2 is 1.92 bits per heavy atom. The van der Waals surface area contributed by atoms with Gasteiger partial charge in [-0.3, -0.25) is 0 Å². The van der Waals surface area contributed by atoms with Gasteiger partial charge in [-0.2, -0.15) is 0 Å². The molecule has 2 atom stereocenters. The maximum Gasteiger partial charge on any atom is 0.168 e. The summed E-state index contributed by atoms with van der Waals surface area (Å²) < 4.78 is 40.2. The van der Waals surface area contributed by atoms with Crippen molar-refractivity contribution in [3.05, 3.63) is 65.2 Å². The summed E-state index contributed by atoms with van der Waals surface area (Å²) >= 11 is 0. The van der Waals surface area contributed by atoms with Gasteiger partial charge in [0.2, 0.25) is 0 Å². The van der Waals surface area contributed by atoms with E-state index in [0.717, 1.165) is 31.0 Å². The van der Waals surface area contributed by atoms with Crippen LogP contribution in [0, 0.1) is 11.6 Å². The first kappa shape index (κ1) is 16.5. The molecule has 2 aliphatic rings. The first-order valence-corrected chi connectivity index (χ1v) is 8.75. The Labute approximate surface area is 146 Å². The van der Waals surface area contributed by atoms with Gasteiger partial charge >= 0.3 is 0 Å². The molecule has 2 fully saturated rings. The molecule has 0 amide bonds. The molecule has 2 aromatic carbocycles. The SMILES string of the molecule is Fc1cc(F)c(O[C@@H](c2ccccc2)[C@@H]2CNCCO2)c(C2CC2)c1. The minimum Gasteiger partial charge on any atom is -0.480 e. The molecule has 0 radical (unpaired) electrons. The van der Waals surface area contributed by atoms with Gasteiger partial charge in [-0.1, -0.05) is 30.3 Å². The highest BCUT2D eigenvalue weighted by molar-refractivity contribution is 5.41. The standard InChI is InChI=1S/C20H21F2NO2/c21-15-10-16(13-6-7-13)20(17(22)11-15)25-19(14-4-2-1-3-5-14)18-12-23-8-9-24-18/h1-5,10-11,13,18-19,23H,6-9,12H2/t18-,19-/m0/s1. The van der Waals surface area contributed by atoms with Crippen LogP contribution in [0.3, 0.4) is 0 Å². The Kier molecular flexibility index (Phi) is 4.68. The lowest BCUT2D eigenvalue weighted by molar-refractivity contribution is -0.0445. The molecule has 1 aliphatic carbocycles. The number of hydrogen-bond donors (Lipinski definition) is 1. The third kappa shape index (κ3) is 3.67. The lowest BCUT2D eigenvalue weighted by Crippen LogP contribution is -2.43. The molecule has 1 saturated carbocycles. The van der Waals surface area contributed by atoms with Crippen LogP contribution in [0.1, 0.15) is 36.0 Å². The van der Waals surface area contributed by atoms with E-state index < -0.39 is 17.7 Å². The van der Waals surface area contributed by atoms with Crippen LogP contribution >= 0.6 is 0 Å². The number of hydrogen-bond acceptors (Lipinski definition) is 3. The Balaban J connectivity index is 1.69. The number of nitrogens with one attached hydrogen (secondary N) is 1. The highest BCUT2D eigenvalue weighted by atomic mass is 19.1. The molecular weight excluding hydrogens is 324 g/mol. The van der Waals surface area contributed by atoms with Crippen molar-refractivity contribution in [3.8, 4) is 5.75 Å². The van der Waals surface area contributed by atoms with Crippen molar-refractivity contribution in [1.29, 1.82) is 0 Å². The molecule has 1 N–H and O–H groups in total. The molecule has 1 aliphatic heterocycles. The minimum atomic E-state index is -0.647. The van der Waals surface area contributed by atoms with E-state index in [9.17, 15) is 8.78 Å². The van der Waals surface area contributed by atoms with Gasteiger partial charge < -0.3 is 14.8 Å². The van der Waals surface area contributed by atoms with Gasteiger partial charge in [0.25, 0.3) is 0 Å². The lowest BCUT2D eigenvalue weighted by atomic mass is 10.0. The van der Waals surface area contributed by atoms with E-state index in [4.69, 9.17) is 9.47 Å². The Hall–Kier alpha value is -1.98. The second kappa shape index (κ2) is 7.10. The Morgan fingerprint density at radius 3 is 2.60 bits per heavy atom. The largest absolute Gasteiger partial charge is 0.480 e. The van der Waals surface area contributed by atoms with Crippen LogP contribution in [0.4, 0.5) is 8.78 Å². The topological polar surface area (TPSA) is 30.5 Å². The molecule has 1 saturated heterocycles. The number of rotatable bonds is 5. The van der Waals surface area contributed by atoms with E-state index in [0.29, 0.717) is 18.7 Å². The summed E-state index contributed by atoms with van der Waals surface area (Å²) in [6, 6.07) is 12.0. The molecular formula is C20H21F2NO2. The zero-order valence-corrected chi connectivity index (χ0v) is 13.9. The summed E-state index contributed by atoms with van der Waals surface area (Å²) in [6.45, 7) is 2.00. The van der Waals surface area contributed by atoms with Gasteiger partial charge in [-0.05, 0) is 30.4 Å². The highest BCUT2D eigenvalue weighted by Gasteiger charge is 2.33. The van der Waals surface area contributed by atoms with E-state index in [-0.39, 0.29) is 17.8 Å². The molecule has 1 heterocycles. The van der Waals surface area contributed by atoms with Crippen molar-refractivity contribution in [2.45, 2.75) is 31.0 Å². The fourth-order valence-electron chi connectivity index (χ4n) is 3.31. The van der Waals surface area contributed by atoms with Gasteiger partial charge in [0.15, 0.2) is 17.7 Å². The van der Waals surface area contributed by atoms with Crippen molar-refractivity contribution in [2.24, 2.45) is 0 Å². The fraction of sp³-hybridized carbons (Fsp3) is 0.400. The summed E-state index contributed by atoms with van der Waals surface area (Å²) in [5.41, 5.74) is 1.55. The number of halogens is 2. The average Bonchev–Trinajstić information content (AvgIpc) is 3.47. The maximum absolute atomic E-state index is 14.5. The number of benzene rings is 2. The first-order chi connectivity index (χ1) is 12.2. The second-order valence-corrected chi connectivity index (χ2v) is 6.64. The van der Waals surface area contributed by atoms with E-state index in [1.54, 1.807) is 0 Å². The molecule has 0 aromatic heterocycles. The molecule has 0 unspecified atom stereocenters. The van der Waals surface area contributed by atoms with Crippen molar-refractivity contribution in [1.82, 2.24) is 5.32 Å². The molecule has 132 valence electrons. The third-order valence-corrected chi connectivity index (χ3v) is 4.72. The van der Waals surface area contributed by atoms with Crippen molar-refractivity contribution in [2.75, 3.05) is 19.7 Å². The molecule has 5 heteroatoms. The van der Waals surface area contributed by atoms with Crippen LogP contribution in [0.25, 0.3) is 0 Å². The van der Waals surface area contributed by atoms with Gasteiger partial charge in [0.1, 0.15) is 11.9 Å². The van der Waals surface area contributed by atoms with Gasteiger partial charge in [0.05, 0.1) is 6.61 Å². The van der Waals surface area contributed by atoms with Gasteiger partial charge in [0, 0.05) is 24.7 Å². The number of ether oxygens (including phenoxy) is 2. The molecule has 2 aromatic rings. The Morgan fingerprint density at radius 1 is 1.12 bits per heavy atom. The van der Waals surface area contributed by atoms with E-state index in [1.165, 1.54) is 6.07 Å². The van der Waals surface area contributed by atoms with Crippen molar-refractivity contribution >= 4 is 0 Å². The number of morpholine rings is 1. The zero-order chi connectivity index (χ0) is 17.2.